The van der Waals surface area contributed by atoms with Crippen molar-refractivity contribution in [3.05, 3.63) is 66.0 Å². The number of allylic oxidation sites excluding steroid dienone is 1. The van der Waals surface area contributed by atoms with E-state index < -0.39 is 5.92 Å². The van der Waals surface area contributed by atoms with Crippen LogP contribution < -0.4 is 4.90 Å². The molecule has 1 aliphatic heterocycles. The summed E-state index contributed by atoms with van der Waals surface area (Å²) in [6.45, 7) is 0.750. The molecule has 0 spiro atoms. The fraction of sp³-hybridized carbons (Fsp3) is 0.200. The van der Waals surface area contributed by atoms with Crippen molar-refractivity contribution in [3.8, 4) is 6.07 Å². The Morgan fingerprint density at radius 3 is 2.64 bits per heavy atom. The highest BCUT2D eigenvalue weighted by molar-refractivity contribution is 6.00. The Morgan fingerprint density at radius 1 is 1.24 bits per heavy atom. The van der Waals surface area contributed by atoms with E-state index in [1.54, 1.807) is 35.4 Å². The minimum absolute atomic E-state index is 0.144. The highest BCUT2D eigenvalue weighted by Crippen LogP contribution is 2.22. The number of nitrogens with zero attached hydrogens (tertiary/aromatic N) is 3. The van der Waals surface area contributed by atoms with Gasteiger partial charge in [0.05, 0.1) is 11.8 Å². The summed E-state index contributed by atoms with van der Waals surface area (Å²) in [5.74, 6) is -1.07. The molecule has 5 heteroatoms. The zero-order valence-electron chi connectivity index (χ0n) is 13.6. The molecule has 2 heterocycles. The summed E-state index contributed by atoms with van der Waals surface area (Å²) < 4.78 is 0. The topological polar surface area (TPSA) is 74.1 Å². The number of nitriles is 1. The van der Waals surface area contributed by atoms with E-state index in [4.69, 9.17) is 0 Å². The standard InChI is InChI=1S/C20H17N3O2/c21-14-17(18-4-1-2-12-22-18)19(24)11-8-15-6-9-16(10-7-15)23-13-3-5-20(23)25/h1-2,4,6-12,17H,3,5,13H2. The maximum Gasteiger partial charge on any atom is 0.227 e. The Labute approximate surface area is 146 Å². The molecule has 1 unspecified atom stereocenters. The maximum absolute atomic E-state index is 12.3. The molecule has 0 N–H and O–H groups in total. The number of benzene rings is 1. The monoisotopic (exact) mass is 331 g/mol. The fourth-order valence-electron chi connectivity index (χ4n) is 2.78. The fourth-order valence-corrected chi connectivity index (χ4v) is 2.78. The van der Waals surface area contributed by atoms with Crippen molar-refractivity contribution in [3.63, 3.8) is 0 Å². The summed E-state index contributed by atoms with van der Waals surface area (Å²) in [4.78, 5) is 29.9. The van der Waals surface area contributed by atoms with Gasteiger partial charge in [0.1, 0.15) is 0 Å². The molecular formula is C20H17N3O2. The van der Waals surface area contributed by atoms with E-state index in [0.29, 0.717) is 12.1 Å². The van der Waals surface area contributed by atoms with Crippen LogP contribution in [0.4, 0.5) is 5.69 Å². The zero-order chi connectivity index (χ0) is 17.6. The Morgan fingerprint density at radius 2 is 2.04 bits per heavy atom. The van der Waals surface area contributed by atoms with E-state index in [1.807, 2.05) is 30.3 Å². The van der Waals surface area contributed by atoms with Crippen LogP contribution in [0.3, 0.4) is 0 Å². The van der Waals surface area contributed by atoms with E-state index in [-0.39, 0.29) is 11.7 Å². The molecule has 0 bridgehead atoms. The molecule has 3 rings (SSSR count). The van der Waals surface area contributed by atoms with Crippen molar-refractivity contribution in [2.75, 3.05) is 11.4 Å². The smallest absolute Gasteiger partial charge is 0.227 e. The van der Waals surface area contributed by atoms with E-state index in [1.165, 1.54) is 6.08 Å². The molecule has 1 aromatic heterocycles. The third kappa shape index (κ3) is 3.81. The largest absolute Gasteiger partial charge is 0.312 e. The molecule has 1 fully saturated rings. The summed E-state index contributed by atoms with van der Waals surface area (Å²) in [5, 5.41) is 9.25. The van der Waals surface area contributed by atoms with Crippen LogP contribution in [0.2, 0.25) is 0 Å². The molecule has 0 aliphatic carbocycles. The number of pyridine rings is 1. The molecule has 1 atom stereocenters. The number of hydrogen-bond donors (Lipinski definition) is 0. The second-order valence-corrected chi connectivity index (χ2v) is 5.79. The average molecular weight is 331 g/mol. The maximum atomic E-state index is 12.3. The number of hydrogen-bond acceptors (Lipinski definition) is 4. The van der Waals surface area contributed by atoms with Crippen LogP contribution in [-0.2, 0) is 9.59 Å². The molecule has 25 heavy (non-hydrogen) atoms. The second-order valence-electron chi connectivity index (χ2n) is 5.79. The first-order chi connectivity index (χ1) is 12.2. The molecule has 1 saturated heterocycles. The lowest BCUT2D eigenvalue weighted by Crippen LogP contribution is -2.23. The first-order valence-electron chi connectivity index (χ1n) is 8.12. The number of carbonyl (C=O) groups excluding carboxylic acids is 2. The number of carbonyl (C=O) groups is 2. The Balaban J connectivity index is 1.70. The minimum Gasteiger partial charge on any atom is -0.312 e. The van der Waals surface area contributed by atoms with Gasteiger partial charge in [-0.2, -0.15) is 5.26 Å². The van der Waals surface area contributed by atoms with Crippen molar-refractivity contribution in [2.45, 2.75) is 18.8 Å². The molecule has 0 radical (unpaired) electrons. The van der Waals surface area contributed by atoms with E-state index in [0.717, 1.165) is 24.2 Å². The van der Waals surface area contributed by atoms with Crippen molar-refractivity contribution in [1.29, 1.82) is 5.26 Å². The van der Waals surface area contributed by atoms with Gasteiger partial charge in [0.2, 0.25) is 5.91 Å². The third-order valence-corrected chi connectivity index (χ3v) is 4.12. The predicted octanol–water partition coefficient (Wildman–Crippen LogP) is 3.10. The van der Waals surface area contributed by atoms with Gasteiger partial charge in [0, 0.05) is 24.8 Å². The molecule has 2 aromatic rings. The number of rotatable bonds is 5. The third-order valence-electron chi connectivity index (χ3n) is 4.12. The molecule has 0 saturated carbocycles. The van der Waals surface area contributed by atoms with Gasteiger partial charge in [-0.05, 0) is 42.3 Å². The molecule has 1 aromatic carbocycles. The van der Waals surface area contributed by atoms with Gasteiger partial charge in [-0.25, -0.2) is 0 Å². The Hall–Kier alpha value is -3.26. The lowest BCUT2D eigenvalue weighted by molar-refractivity contribution is -0.117. The zero-order valence-corrected chi connectivity index (χ0v) is 13.6. The van der Waals surface area contributed by atoms with Gasteiger partial charge in [-0.1, -0.05) is 24.3 Å². The van der Waals surface area contributed by atoms with Crippen molar-refractivity contribution >= 4 is 23.5 Å². The van der Waals surface area contributed by atoms with Crippen molar-refractivity contribution in [1.82, 2.24) is 4.98 Å². The first kappa shape index (κ1) is 16.6. The van der Waals surface area contributed by atoms with Gasteiger partial charge < -0.3 is 4.90 Å². The average Bonchev–Trinajstić information content (AvgIpc) is 3.08. The molecule has 5 nitrogen and oxygen atoms in total. The SMILES string of the molecule is N#CC(C(=O)C=Cc1ccc(N2CCCC2=O)cc1)c1ccccn1. The molecule has 1 amide bonds. The highest BCUT2D eigenvalue weighted by Gasteiger charge is 2.21. The van der Waals surface area contributed by atoms with Gasteiger partial charge in [-0.15, -0.1) is 0 Å². The summed E-state index contributed by atoms with van der Waals surface area (Å²) in [6.07, 6.45) is 6.12. The summed E-state index contributed by atoms with van der Waals surface area (Å²) in [5.41, 5.74) is 2.15. The van der Waals surface area contributed by atoms with Crippen LogP contribution in [0.15, 0.2) is 54.7 Å². The van der Waals surface area contributed by atoms with E-state index >= 15 is 0 Å². The molecule has 1 aliphatic rings. The number of aromatic nitrogens is 1. The molecular weight excluding hydrogens is 314 g/mol. The number of ketones is 1. The number of anilines is 1. The minimum atomic E-state index is -0.904. The van der Waals surface area contributed by atoms with Gasteiger partial charge in [0.25, 0.3) is 0 Å². The van der Waals surface area contributed by atoms with E-state index in [2.05, 4.69) is 4.98 Å². The molecule has 124 valence electrons. The van der Waals surface area contributed by atoms with Gasteiger partial charge in [-0.3, -0.25) is 14.6 Å². The Bertz CT molecular complexity index is 835. The van der Waals surface area contributed by atoms with Crippen molar-refractivity contribution in [2.24, 2.45) is 0 Å². The summed E-state index contributed by atoms with van der Waals surface area (Å²) >= 11 is 0. The number of amides is 1. The van der Waals surface area contributed by atoms with Crippen LogP contribution in [-0.4, -0.2) is 23.2 Å². The normalized spacial score (nSPS) is 15.3. The van der Waals surface area contributed by atoms with Crippen molar-refractivity contribution < 1.29 is 9.59 Å². The lowest BCUT2D eigenvalue weighted by Gasteiger charge is -2.15. The lowest BCUT2D eigenvalue weighted by atomic mass is 10.00. The summed E-state index contributed by atoms with van der Waals surface area (Å²) in [6, 6.07) is 14.6. The van der Waals surface area contributed by atoms with E-state index in [9.17, 15) is 14.9 Å². The van der Waals surface area contributed by atoms with Crippen LogP contribution >= 0.6 is 0 Å². The quantitative estimate of drug-likeness (QED) is 0.789. The van der Waals surface area contributed by atoms with Crippen LogP contribution in [0.25, 0.3) is 6.08 Å². The second kappa shape index (κ2) is 7.54. The predicted molar refractivity (Wildman–Crippen MR) is 94.7 cm³/mol. The van der Waals surface area contributed by atoms with Crippen LogP contribution in [0.5, 0.6) is 0 Å². The first-order valence-corrected chi connectivity index (χ1v) is 8.12. The highest BCUT2D eigenvalue weighted by atomic mass is 16.2. The summed E-state index contributed by atoms with van der Waals surface area (Å²) in [7, 11) is 0. The Kier molecular flexibility index (Phi) is 5.00. The van der Waals surface area contributed by atoms with Gasteiger partial charge in [0.15, 0.2) is 11.7 Å². The van der Waals surface area contributed by atoms with Gasteiger partial charge >= 0.3 is 0 Å². The van der Waals surface area contributed by atoms with Crippen LogP contribution in [0, 0.1) is 11.3 Å². The van der Waals surface area contributed by atoms with Crippen LogP contribution in [0.1, 0.15) is 30.0 Å².